The lowest BCUT2D eigenvalue weighted by Crippen LogP contribution is -2.42. The van der Waals surface area contributed by atoms with Gasteiger partial charge in [-0.3, -0.25) is 4.79 Å². The molecule has 0 aromatic carbocycles. The van der Waals surface area contributed by atoms with Crippen LogP contribution in [0.25, 0.3) is 11.6 Å². The number of furan rings is 1. The summed E-state index contributed by atoms with van der Waals surface area (Å²) in [5.74, 6) is 2.47. The summed E-state index contributed by atoms with van der Waals surface area (Å²) in [6, 6.07) is 4.01. The number of carbonyl (C=O) groups excluding carboxylic acids is 1. The van der Waals surface area contributed by atoms with E-state index in [1.54, 1.807) is 18.4 Å². The normalized spacial score (nSPS) is 18.4. The molecule has 2 aliphatic carbocycles. The topological polar surface area (TPSA) is 72.4 Å². The van der Waals surface area contributed by atoms with Gasteiger partial charge in [0.05, 0.1) is 6.26 Å². The largest absolute Gasteiger partial charge is 0.461 e. The van der Waals surface area contributed by atoms with E-state index in [-0.39, 0.29) is 5.91 Å². The molecule has 2 aromatic rings. The Morgan fingerprint density at radius 2 is 2.04 bits per heavy atom. The second kappa shape index (κ2) is 7.42. The maximum absolute atomic E-state index is 12.8. The van der Waals surface area contributed by atoms with Gasteiger partial charge in [-0.15, -0.1) is 0 Å². The predicted octanol–water partition coefficient (Wildman–Crippen LogP) is 3.83. The lowest BCUT2D eigenvalue weighted by atomic mass is 9.93. The first kappa shape index (κ1) is 16.4. The summed E-state index contributed by atoms with van der Waals surface area (Å²) in [4.78, 5) is 19.3. The van der Waals surface area contributed by atoms with Gasteiger partial charge in [-0.25, -0.2) is 0 Å². The monoisotopic (exact) mass is 343 g/mol. The molecule has 2 aromatic heterocycles. The van der Waals surface area contributed by atoms with Crippen LogP contribution in [0, 0.1) is 5.92 Å². The average Bonchev–Trinajstić information content (AvgIpc) is 3.11. The van der Waals surface area contributed by atoms with E-state index in [4.69, 9.17) is 8.94 Å². The lowest BCUT2D eigenvalue weighted by molar-refractivity contribution is -0.134. The van der Waals surface area contributed by atoms with Crippen molar-refractivity contribution < 1.29 is 13.7 Å². The Kier molecular flexibility index (Phi) is 4.85. The van der Waals surface area contributed by atoms with Crippen LogP contribution in [0.1, 0.15) is 57.3 Å². The molecule has 2 heterocycles. The van der Waals surface area contributed by atoms with Gasteiger partial charge in [-0.2, -0.15) is 4.98 Å². The molecule has 0 aliphatic heterocycles. The SMILES string of the molecule is O=C(CCc1nc(-c2ccco2)no1)N(CC1CC1)C1CCCCC1. The van der Waals surface area contributed by atoms with Crippen molar-refractivity contribution >= 4 is 5.91 Å². The third kappa shape index (κ3) is 4.11. The number of rotatable bonds is 7. The molecule has 0 spiro atoms. The molecule has 0 saturated heterocycles. The van der Waals surface area contributed by atoms with Crippen molar-refractivity contribution in [1.82, 2.24) is 15.0 Å². The molecule has 6 nitrogen and oxygen atoms in total. The Bertz CT molecular complexity index is 685. The lowest BCUT2D eigenvalue weighted by Gasteiger charge is -2.34. The zero-order valence-electron chi connectivity index (χ0n) is 14.5. The van der Waals surface area contributed by atoms with E-state index in [1.807, 2.05) is 0 Å². The molecular formula is C19H25N3O3. The molecule has 25 heavy (non-hydrogen) atoms. The van der Waals surface area contributed by atoms with E-state index >= 15 is 0 Å². The van der Waals surface area contributed by atoms with Gasteiger partial charge in [0, 0.05) is 25.4 Å². The molecule has 6 heteroatoms. The highest BCUT2D eigenvalue weighted by Gasteiger charge is 2.31. The molecule has 0 atom stereocenters. The quantitative estimate of drug-likeness (QED) is 0.764. The Morgan fingerprint density at radius 1 is 1.20 bits per heavy atom. The van der Waals surface area contributed by atoms with Crippen molar-refractivity contribution in [2.45, 2.75) is 63.8 Å². The van der Waals surface area contributed by atoms with Gasteiger partial charge in [0.15, 0.2) is 5.76 Å². The van der Waals surface area contributed by atoms with Crippen molar-refractivity contribution in [3.8, 4) is 11.6 Å². The van der Waals surface area contributed by atoms with Gasteiger partial charge in [0.1, 0.15) is 0 Å². The summed E-state index contributed by atoms with van der Waals surface area (Å²) in [5, 5.41) is 3.92. The number of aryl methyl sites for hydroxylation is 1. The molecule has 1 amide bonds. The Balaban J connectivity index is 1.35. The van der Waals surface area contributed by atoms with Gasteiger partial charge < -0.3 is 13.8 Å². The molecule has 0 radical (unpaired) electrons. The molecule has 0 N–H and O–H groups in total. The van der Waals surface area contributed by atoms with Crippen LogP contribution in [0.2, 0.25) is 0 Å². The Morgan fingerprint density at radius 3 is 2.76 bits per heavy atom. The second-order valence-corrected chi connectivity index (χ2v) is 7.27. The van der Waals surface area contributed by atoms with Crippen molar-refractivity contribution in [2.24, 2.45) is 5.92 Å². The van der Waals surface area contributed by atoms with Gasteiger partial charge in [0.2, 0.25) is 17.6 Å². The minimum atomic E-state index is 0.233. The van der Waals surface area contributed by atoms with Crippen LogP contribution in [0.4, 0.5) is 0 Å². The first-order valence-corrected chi connectivity index (χ1v) is 9.45. The number of aromatic nitrogens is 2. The van der Waals surface area contributed by atoms with Crippen LogP contribution in [0.15, 0.2) is 27.3 Å². The molecular weight excluding hydrogens is 318 g/mol. The van der Waals surface area contributed by atoms with Crippen molar-refractivity contribution in [1.29, 1.82) is 0 Å². The zero-order valence-corrected chi connectivity index (χ0v) is 14.5. The minimum absolute atomic E-state index is 0.233. The van der Waals surface area contributed by atoms with E-state index in [9.17, 15) is 4.79 Å². The van der Waals surface area contributed by atoms with Gasteiger partial charge in [-0.1, -0.05) is 24.4 Å². The summed E-state index contributed by atoms with van der Waals surface area (Å²) < 4.78 is 10.5. The smallest absolute Gasteiger partial charge is 0.238 e. The molecule has 4 rings (SSSR count). The summed E-state index contributed by atoms with van der Waals surface area (Å²) in [6.45, 7) is 0.935. The standard InChI is InChI=1S/C19H25N3O3/c23-18(22(13-14-8-9-14)15-5-2-1-3-6-15)11-10-17-20-19(21-25-17)16-7-4-12-24-16/h4,7,12,14-15H,1-3,5-6,8-11,13H2. The van der Waals surface area contributed by atoms with Crippen LogP contribution < -0.4 is 0 Å². The first-order chi connectivity index (χ1) is 12.3. The maximum Gasteiger partial charge on any atom is 0.238 e. The van der Waals surface area contributed by atoms with Gasteiger partial charge >= 0.3 is 0 Å². The van der Waals surface area contributed by atoms with E-state index in [1.165, 1.54) is 32.1 Å². The number of hydrogen-bond acceptors (Lipinski definition) is 5. The average molecular weight is 343 g/mol. The second-order valence-electron chi connectivity index (χ2n) is 7.27. The van der Waals surface area contributed by atoms with Crippen molar-refractivity contribution in [3.63, 3.8) is 0 Å². The Hall–Kier alpha value is -2.11. The number of hydrogen-bond donors (Lipinski definition) is 0. The third-order valence-corrected chi connectivity index (χ3v) is 5.25. The number of nitrogens with zero attached hydrogens (tertiary/aromatic N) is 3. The van der Waals surface area contributed by atoms with Gasteiger partial charge in [0.25, 0.3) is 0 Å². The summed E-state index contributed by atoms with van der Waals surface area (Å²) in [6.07, 6.45) is 11.1. The summed E-state index contributed by atoms with van der Waals surface area (Å²) in [5.41, 5.74) is 0. The summed E-state index contributed by atoms with van der Waals surface area (Å²) >= 11 is 0. The van der Waals surface area contributed by atoms with E-state index < -0.39 is 0 Å². The van der Waals surface area contributed by atoms with Gasteiger partial charge in [-0.05, 0) is 43.7 Å². The fourth-order valence-corrected chi connectivity index (χ4v) is 3.65. The van der Waals surface area contributed by atoms with Crippen LogP contribution >= 0.6 is 0 Å². The number of carbonyl (C=O) groups is 1. The number of amides is 1. The third-order valence-electron chi connectivity index (χ3n) is 5.25. The molecule has 2 aliphatic rings. The highest BCUT2D eigenvalue weighted by atomic mass is 16.5. The highest BCUT2D eigenvalue weighted by Crippen LogP contribution is 2.33. The highest BCUT2D eigenvalue weighted by molar-refractivity contribution is 5.76. The zero-order chi connectivity index (χ0) is 17.1. The molecule has 134 valence electrons. The molecule has 0 unspecified atom stereocenters. The maximum atomic E-state index is 12.8. The van der Waals surface area contributed by atoms with E-state index in [2.05, 4.69) is 15.0 Å². The Labute approximate surface area is 147 Å². The van der Waals surface area contributed by atoms with Crippen LogP contribution in [0.3, 0.4) is 0 Å². The molecule has 2 saturated carbocycles. The van der Waals surface area contributed by atoms with Crippen LogP contribution in [-0.4, -0.2) is 33.5 Å². The molecule has 0 bridgehead atoms. The fraction of sp³-hybridized carbons (Fsp3) is 0.632. The summed E-state index contributed by atoms with van der Waals surface area (Å²) in [7, 11) is 0. The van der Waals surface area contributed by atoms with Crippen molar-refractivity contribution in [2.75, 3.05) is 6.54 Å². The first-order valence-electron chi connectivity index (χ1n) is 9.45. The van der Waals surface area contributed by atoms with Crippen LogP contribution in [0.5, 0.6) is 0 Å². The predicted molar refractivity (Wildman–Crippen MR) is 91.6 cm³/mol. The fourth-order valence-electron chi connectivity index (χ4n) is 3.65. The molecule has 2 fully saturated rings. The van der Waals surface area contributed by atoms with E-state index in [0.717, 1.165) is 25.3 Å². The van der Waals surface area contributed by atoms with E-state index in [0.29, 0.717) is 36.4 Å². The van der Waals surface area contributed by atoms with Crippen LogP contribution in [-0.2, 0) is 11.2 Å². The van der Waals surface area contributed by atoms with Crippen molar-refractivity contribution in [3.05, 3.63) is 24.3 Å². The minimum Gasteiger partial charge on any atom is -0.461 e.